The molecule has 0 aliphatic rings. The molecule has 0 unspecified atom stereocenters. The molecule has 1 aromatic rings. The van der Waals surface area contributed by atoms with Crippen molar-refractivity contribution < 1.29 is 18.7 Å². The Kier molecular flexibility index (Phi) is 4.61. The van der Waals surface area contributed by atoms with Gasteiger partial charge in [0.25, 0.3) is 6.43 Å². The van der Waals surface area contributed by atoms with Crippen molar-refractivity contribution in [3.63, 3.8) is 0 Å². The Hall–Kier alpha value is -0.750. The van der Waals surface area contributed by atoms with Gasteiger partial charge in [0.1, 0.15) is 5.69 Å². The molecular formula is C9H7BrClF2NO2. The van der Waals surface area contributed by atoms with Crippen molar-refractivity contribution in [1.82, 2.24) is 4.98 Å². The number of aliphatic carboxylic acids is 1. The standard InChI is InChI=1S/C9H7BrClF2NO2/c10-3-4-5(11)1-7(9(12)13)14-6(4)2-8(15)16/h1,9H,2-3H2,(H,15,16). The normalized spacial score (nSPS) is 10.8. The third-order valence-electron chi connectivity index (χ3n) is 1.85. The monoisotopic (exact) mass is 313 g/mol. The van der Waals surface area contributed by atoms with E-state index in [1.54, 1.807) is 0 Å². The summed E-state index contributed by atoms with van der Waals surface area (Å²) in [6.45, 7) is 0. The molecule has 0 bridgehead atoms. The number of carboxylic acid groups (broad SMARTS) is 1. The first-order chi connectivity index (χ1) is 7.45. The molecule has 0 fully saturated rings. The molecule has 7 heteroatoms. The largest absolute Gasteiger partial charge is 0.481 e. The second-order valence-corrected chi connectivity index (χ2v) is 3.93. The van der Waals surface area contributed by atoms with Crippen LogP contribution in [0.4, 0.5) is 8.78 Å². The minimum absolute atomic E-state index is 0.0622. The highest BCUT2D eigenvalue weighted by Gasteiger charge is 2.17. The smallest absolute Gasteiger partial charge is 0.309 e. The molecule has 0 saturated carbocycles. The zero-order valence-electron chi connectivity index (χ0n) is 7.88. The Balaban J connectivity index is 3.24. The maximum atomic E-state index is 12.4. The summed E-state index contributed by atoms with van der Waals surface area (Å²) < 4.78 is 24.8. The van der Waals surface area contributed by atoms with Gasteiger partial charge in [-0.05, 0) is 6.07 Å². The Bertz CT molecular complexity index is 415. The molecule has 88 valence electrons. The zero-order valence-corrected chi connectivity index (χ0v) is 10.2. The van der Waals surface area contributed by atoms with Crippen molar-refractivity contribution >= 4 is 33.5 Å². The average molecular weight is 315 g/mol. The minimum Gasteiger partial charge on any atom is -0.481 e. The van der Waals surface area contributed by atoms with Gasteiger partial charge in [-0.25, -0.2) is 8.78 Å². The van der Waals surface area contributed by atoms with Gasteiger partial charge in [-0.3, -0.25) is 9.78 Å². The van der Waals surface area contributed by atoms with Gasteiger partial charge in [0.15, 0.2) is 0 Å². The number of rotatable bonds is 4. The summed E-state index contributed by atoms with van der Waals surface area (Å²) in [6.07, 6.45) is -3.20. The van der Waals surface area contributed by atoms with E-state index in [-0.39, 0.29) is 16.0 Å². The molecule has 0 spiro atoms. The first-order valence-electron chi connectivity index (χ1n) is 4.19. The number of carbonyl (C=O) groups is 1. The van der Waals surface area contributed by atoms with Crippen molar-refractivity contribution in [3.05, 3.63) is 28.0 Å². The Morgan fingerprint density at radius 1 is 1.62 bits per heavy atom. The number of aromatic nitrogens is 1. The van der Waals surface area contributed by atoms with Crippen molar-refractivity contribution in [2.24, 2.45) is 0 Å². The highest BCUT2D eigenvalue weighted by molar-refractivity contribution is 9.08. The van der Waals surface area contributed by atoms with Gasteiger partial charge in [-0.15, -0.1) is 0 Å². The quantitative estimate of drug-likeness (QED) is 0.868. The first kappa shape index (κ1) is 13.3. The van der Waals surface area contributed by atoms with Gasteiger partial charge in [-0.2, -0.15) is 0 Å². The predicted molar refractivity (Wildman–Crippen MR) is 58.2 cm³/mol. The lowest BCUT2D eigenvalue weighted by Crippen LogP contribution is -2.08. The molecule has 0 atom stereocenters. The van der Waals surface area contributed by atoms with Gasteiger partial charge in [0.2, 0.25) is 0 Å². The van der Waals surface area contributed by atoms with E-state index in [1.807, 2.05) is 0 Å². The highest BCUT2D eigenvalue weighted by Crippen LogP contribution is 2.27. The number of pyridine rings is 1. The Labute approximate surface area is 104 Å². The van der Waals surface area contributed by atoms with Crippen LogP contribution in [0.1, 0.15) is 23.4 Å². The fourth-order valence-corrected chi connectivity index (χ4v) is 2.23. The summed E-state index contributed by atoms with van der Waals surface area (Å²) in [4.78, 5) is 14.1. The van der Waals surface area contributed by atoms with Crippen LogP contribution in [0, 0.1) is 0 Å². The van der Waals surface area contributed by atoms with Crippen LogP contribution in [-0.4, -0.2) is 16.1 Å². The third-order valence-corrected chi connectivity index (χ3v) is 2.75. The third kappa shape index (κ3) is 3.12. The molecule has 0 aromatic carbocycles. The number of carboxylic acids is 1. The molecule has 0 aliphatic heterocycles. The Morgan fingerprint density at radius 3 is 2.69 bits per heavy atom. The molecule has 1 N–H and O–H groups in total. The molecule has 0 saturated heterocycles. The summed E-state index contributed by atoms with van der Waals surface area (Å²) in [5.41, 5.74) is -0.0217. The number of halogens is 4. The van der Waals surface area contributed by atoms with E-state index in [0.29, 0.717) is 5.56 Å². The SMILES string of the molecule is O=C(O)Cc1nc(C(F)F)cc(Cl)c1CBr. The zero-order chi connectivity index (χ0) is 12.3. The van der Waals surface area contributed by atoms with Crippen molar-refractivity contribution in [1.29, 1.82) is 0 Å². The van der Waals surface area contributed by atoms with Crippen LogP contribution in [-0.2, 0) is 16.5 Å². The van der Waals surface area contributed by atoms with Crippen LogP contribution >= 0.6 is 27.5 Å². The van der Waals surface area contributed by atoms with Crippen LogP contribution in [0.15, 0.2) is 6.07 Å². The van der Waals surface area contributed by atoms with Gasteiger partial charge >= 0.3 is 5.97 Å². The van der Waals surface area contributed by atoms with E-state index in [0.717, 1.165) is 6.07 Å². The average Bonchev–Trinajstić information content (AvgIpc) is 2.16. The van der Waals surface area contributed by atoms with E-state index in [9.17, 15) is 13.6 Å². The number of hydrogen-bond donors (Lipinski definition) is 1. The molecule has 1 aromatic heterocycles. The maximum absolute atomic E-state index is 12.4. The lowest BCUT2D eigenvalue weighted by molar-refractivity contribution is -0.136. The van der Waals surface area contributed by atoms with E-state index in [1.165, 1.54) is 0 Å². The minimum atomic E-state index is -2.77. The highest BCUT2D eigenvalue weighted by atomic mass is 79.9. The molecule has 0 amide bonds. The fourth-order valence-electron chi connectivity index (χ4n) is 1.15. The van der Waals surface area contributed by atoms with Crippen molar-refractivity contribution in [2.45, 2.75) is 18.2 Å². The maximum Gasteiger partial charge on any atom is 0.309 e. The number of nitrogens with zero attached hydrogens (tertiary/aromatic N) is 1. The number of alkyl halides is 3. The van der Waals surface area contributed by atoms with Crippen LogP contribution in [0.2, 0.25) is 5.02 Å². The van der Waals surface area contributed by atoms with Gasteiger partial charge in [-0.1, -0.05) is 27.5 Å². The van der Waals surface area contributed by atoms with Crippen LogP contribution in [0.5, 0.6) is 0 Å². The van der Waals surface area contributed by atoms with Gasteiger partial charge in [0, 0.05) is 15.9 Å². The van der Waals surface area contributed by atoms with E-state index in [2.05, 4.69) is 20.9 Å². The Morgan fingerprint density at radius 2 is 2.25 bits per heavy atom. The molecular weight excluding hydrogens is 307 g/mol. The number of hydrogen-bond acceptors (Lipinski definition) is 2. The topological polar surface area (TPSA) is 50.2 Å². The molecule has 0 radical (unpaired) electrons. The van der Waals surface area contributed by atoms with Gasteiger partial charge in [0.05, 0.1) is 12.1 Å². The molecule has 1 heterocycles. The van der Waals surface area contributed by atoms with E-state index >= 15 is 0 Å². The second-order valence-electron chi connectivity index (χ2n) is 2.96. The summed E-state index contributed by atoms with van der Waals surface area (Å²) in [5.74, 6) is -1.14. The lowest BCUT2D eigenvalue weighted by atomic mass is 10.1. The van der Waals surface area contributed by atoms with Crippen LogP contribution < -0.4 is 0 Å². The van der Waals surface area contributed by atoms with Crippen LogP contribution in [0.25, 0.3) is 0 Å². The lowest BCUT2D eigenvalue weighted by Gasteiger charge is -2.09. The summed E-state index contributed by atoms with van der Waals surface area (Å²) >= 11 is 8.87. The van der Waals surface area contributed by atoms with E-state index in [4.69, 9.17) is 16.7 Å². The fraction of sp³-hybridized carbons (Fsp3) is 0.333. The van der Waals surface area contributed by atoms with Crippen molar-refractivity contribution in [2.75, 3.05) is 0 Å². The predicted octanol–water partition coefficient (Wildman–Crippen LogP) is 3.19. The molecule has 0 aliphatic carbocycles. The molecule has 3 nitrogen and oxygen atoms in total. The van der Waals surface area contributed by atoms with Crippen LogP contribution in [0.3, 0.4) is 0 Å². The van der Waals surface area contributed by atoms with E-state index < -0.39 is 24.5 Å². The van der Waals surface area contributed by atoms with Gasteiger partial charge < -0.3 is 5.11 Å². The summed E-state index contributed by atoms with van der Waals surface area (Å²) in [7, 11) is 0. The molecule has 16 heavy (non-hydrogen) atoms. The molecule has 1 rings (SSSR count). The summed E-state index contributed by atoms with van der Waals surface area (Å²) in [6, 6.07) is 1.05. The summed E-state index contributed by atoms with van der Waals surface area (Å²) in [5, 5.41) is 8.99. The second kappa shape index (κ2) is 5.54. The van der Waals surface area contributed by atoms with Crippen molar-refractivity contribution in [3.8, 4) is 0 Å². The first-order valence-corrected chi connectivity index (χ1v) is 5.69.